The molecule has 6 nitrogen and oxygen atoms in total. The fourth-order valence-electron chi connectivity index (χ4n) is 7.17. The number of ether oxygens (including phenoxy) is 1. The van der Waals surface area contributed by atoms with Gasteiger partial charge in [0.05, 0.1) is 11.0 Å². The number of hydrogen-bond acceptors (Lipinski definition) is 4. The largest absolute Gasteiger partial charge is 0.377 e. The Morgan fingerprint density at radius 2 is 1.84 bits per heavy atom. The first-order chi connectivity index (χ1) is 14.8. The van der Waals surface area contributed by atoms with E-state index in [0.717, 1.165) is 37.1 Å². The SMILES string of the molecule is CN(CC12CC3CC(CC(C3)C1)C2)C(=O)c1cccc(S(=O)(=O)NC[C@H]2CCCO2)c1. The minimum absolute atomic E-state index is 0.0639. The highest BCUT2D eigenvalue weighted by atomic mass is 32.2. The molecular formula is C24H34N2O4S. The monoisotopic (exact) mass is 446 g/mol. The number of amides is 1. The molecule has 1 N–H and O–H groups in total. The van der Waals surface area contributed by atoms with Gasteiger partial charge >= 0.3 is 0 Å². The maximum Gasteiger partial charge on any atom is 0.253 e. The Balaban J connectivity index is 1.26. The molecule has 170 valence electrons. The molecule has 0 unspecified atom stereocenters. The first-order valence-corrected chi connectivity index (χ1v) is 13.3. The van der Waals surface area contributed by atoms with E-state index >= 15 is 0 Å². The van der Waals surface area contributed by atoms with Crippen LogP contribution in [-0.4, -0.2) is 52.1 Å². The summed E-state index contributed by atoms with van der Waals surface area (Å²) in [5.74, 6) is 2.45. The third-order valence-corrected chi connectivity index (χ3v) is 9.42. The number of carbonyl (C=O) groups is 1. The van der Waals surface area contributed by atoms with Crippen LogP contribution in [0, 0.1) is 23.2 Å². The van der Waals surface area contributed by atoms with Crippen LogP contribution in [0.5, 0.6) is 0 Å². The van der Waals surface area contributed by atoms with Crippen LogP contribution in [0.3, 0.4) is 0 Å². The Labute approximate surface area is 185 Å². The normalized spacial score (nSPS) is 34.2. The highest BCUT2D eigenvalue weighted by molar-refractivity contribution is 7.89. The molecule has 31 heavy (non-hydrogen) atoms. The van der Waals surface area contributed by atoms with Gasteiger partial charge < -0.3 is 9.64 Å². The molecule has 4 bridgehead atoms. The molecule has 1 aliphatic heterocycles. The van der Waals surface area contributed by atoms with E-state index in [2.05, 4.69) is 4.72 Å². The molecule has 0 spiro atoms. The lowest BCUT2D eigenvalue weighted by molar-refractivity contribution is -0.0629. The number of nitrogens with one attached hydrogen (secondary N) is 1. The summed E-state index contributed by atoms with van der Waals surface area (Å²) in [4.78, 5) is 15.2. The Hall–Kier alpha value is -1.44. The van der Waals surface area contributed by atoms with Gasteiger partial charge in [0.15, 0.2) is 0 Å². The van der Waals surface area contributed by atoms with Crippen molar-refractivity contribution in [2.75, 3.05) is 26.7 Å². The number of carbonyl (C=O) groups excluding carboxylic acids is 1. The fraction of sp³-hybridized carbons (Fsp3) is 0.708. The van der Waals surface area contributed by atoms with E-state index < -0.39 is 10.0 Å². The summed E-state index contributed by atoms with van der Waals surface area (Å²) in [5, 5.41) is 0. The van der Waals surface area contributed by atoms with E-state index in [9.17, 15) is 13.2 Å². The summed E-state index contributed by atoms with van der Waals surface area (Å²) in [6.07, 6.45) is 9.67. The number of nitrogens with zero attached hydrogens (tertiary/aromatic N) is 1. The van der Waals surface area contributed by atoms with Crippen LogP contribution in [0.15, 0.2) is 29.2 Å². The van der Waals surface area contributed by atoms with Gasteiger partial charge in [-0.1, -0.05) is 6.07 Å². The summed E-state index contributed by atoms with van der Waals surface area (Å²) in [7, 11) is -1.80. The van der Waals surface area contributed by atoms with Crippen molar-refractivity contribution in [1.82, 2.24) is 9.62 Å². The molecule has 0 radical (unpaired) electrons. The maximum atomic E-state index is 13.2. The minimum Gasteiger partial charge on any atom is -0.377 e. The highest BCUT2D eigenvalue weighted by Gasteiger charge is 2.51. The lowest BCUT2D eigenvalue weighted by atomic mass is 9.49. The van der Waals surface area contributed by atoms with Crippen LogP contribution in [-0.2, 0) is 14.8 Å². The number of sulfonamides is 1. The van der Waals surface area contributed by atoms with Gasteiger partial charge in [-0.2, -0.15) is 0 Å². The average molecular weight is 447 g/mol. The Morgan fingerprint density at radius 3 is 2.45 bits per heavy atom. The minimum atomic E-state index is -3.67. The zero-order chi connectivity index (χ0) is 21.6. The molecule has 0 aromatic heterocycles. The van der Waals surface area contributed by atoms with Crippen molar-refractivity contribution < 1.29 is 17.9 Å². The third-order valence-electron chi connectivity index (χ3n) is 8.00. The molecule has 1 aromatic carbocycles. The van der Waals surface area contributed by atoms with E-state index in [1.807, 2.05) is 11.9 Å². The molecular weight excluding hydrogens is 412 g/mol. The van der Waals surface area contributed by atoms with Crippen molar-refractivity contribution in [2.45, 2.75) is 62.4 Å². The summed E-state index contributed by atoms with van der Waals surface area (Å²) in [6.45, 7) is 1.74. The second kappa shape index (κ2) is 8.16. The van der Waals surface area contributed by atoms with Crippen molar-refractivity contribution in [3.05, 3.63) is 29.8 Å². The van der Waals surface area contributed by atoms with E-state index in [1.54, 1.807) is 18.2 Å². The zero-order valence-electron chi connectivity index (χ0n) is 18.4. The lowest BCUT2D eigenvalue weighted by Gasteiger charge is -2.57. The van der Waals surface area contributed by atoms with Crippen LogP contribution in [0.25, 0.3) is 0 Å². The molecule has 5 aliphatic rings. The quantitative estimate of drug-likeness (QED) is 0.696. The van der Waals surface area contributed by atoms with Crippen molar-refractivity contribution in [3.8, 4) is 0 Å². The molecule has 1 saturated heterocycles. The molecule has 1 heterocycles. The topological polar surface area (TPSA) is 75.7 Å². The highest BCUT2D eigenvalue weighted by Crippen LogP contribution is 2.60. The second-order valence-corrected chi connectivity index (χ2v) is 12.4. The van der Waals surface area contributed by atoms with Gasteiger partial charge in [0.25, 0.3) is 5.91 Å². The first-order valence-electron chi connectivity index (χ1n) is 11.8. The lowest BCUT2D eigenvalue weighted by Crippen LogP contribution is -2.51. The van der Waals surface area contributed by atoms with E-state index in [-0.39, 0.29) is 28.9 Å². The molecule has 6 rings (SSSR count). The van der Waals surface area contributed by atoms with E-state index in [4.69, 9.17) is 4.74 Å². The average Bonchev–Trinajstić information content (AvgIpc) is 3.24. The van der Waals surface area contributed by atoms with Crippen LogP contribution in [0.4, 0.5) is 0 Å². The predicted octanol–water partition coefficient (Wildman–Crippen LogP) is 3.43. The van der Waals surface area contributed by atoms with Gasteiger partial charge in [0.2, 0.25) is 10.0 Å². The Kier molecular flexibility index (Phi) is 5.64. The van der Waals surface area contributed by atoms with Crippen LogP contribution < -0.4 is 4.72 Å². The van der Waals surface area contributed by atoms with Gasteiger partial charge in [-0.3, -0.25) is 4.79 Å². The number of benzene rings is 1. The first kappa shape index (κ1) is 21.4. The van der Waals surface area contributed by atoms with Gasteiger partial charge in [0, 0.05) is 32.3 Å². The number of rotatable bonds is 7. The van der Waals surface area contributed by atoms with Crippen LogP contribution in [0.1, 0.15) is 61.7 Å². The molecule has 1 aromatic rings. The molecule has 4 aliphatic carbocycles. The molecule has 5 fully saturated rings. The third kappa shape index (κ3) is 4.41. The van der Waals surface area contributed by atoms with Gasteiger partial charge in [-0.05, 0) is 92.7 Å². The molecule has 1 atom stereocenters. The summed E-state index contributed by atoms with van der Waals surface area (Å²) in [5.41, 5.74) is 0.707. The summed E-state index contributed by atoms with van der Waals surface area (Å²) >= 11 is 0. The predicted molar refractivity (Wildman–Crippen MR) is 118 cm³/mol. The van der Waals surface area contributed by atoms with Gasteiger partial charge in [-0.15, -0.1) is 0 Å². The van der Waals surface area contributed by atoms with Gasteiger partial charge in [-0.25, -0.2) is 13.1 Å². The second-order valence-electron chi connectivity index (χ2n) is 10.6. The van der Waals surface area contributed by atoms with Gasteiger partial charge in [0.1, 0.15) is 0 Å². The summed E-state index contributed by atoms with van der Waals surface area (Å²) < 4.78 is 33.6. The Bertz CT molecular complexity index is 903. The van der Waals surface area contributed by atoms with Crippen molar-refractivity contribution in [2.24, 2.45) is 23.2 Å². The fourth-order valence-corrected chi connectivity index (χ4v) is 8.28. The summed E-state index contributed by atoms with van der Waals surface area (Å²) in [6, 6.07) is 6.44. The van der Waals surface area contributed by atoms with Crippen molar-refractivity contribution in [1.29, 1.82) is 0 Å². The maximum absolute atomic E-state index is 13.2. The molecule has 1 amide bonds. The van der Waals surface area contributed by atoms with Crippen molar-refractivity contribution >= 4 is 15.9 Å². The zero-order valence-corrected chi connectivity index (χ0v) is 19.2. The van der Waals surface area contributed by atoms with Crippen LogP contribution >= 0.6 is 0 Å². The smallest absolute Gasteiger partial charge is 0.253 e. The number of hydrogen-bond donors (Lipinski definition) is 1. The Morgan fingerprint density at radius 1 is 1.16 bits per heavy atom. The van der Waals surface area contributed by atoms with E-state index in [0.29, 0.717) is 12.2 Å². The van der Waals surface area contributed by atoms with Crippen molar-refractivity contribution in [3.63, 3.8) is 0 Å². The van der Waals surface area contributed by atoms with Crippen LogP contribution in [0.2, 0.25) is 0 Å². The molecule has 7 heteroatoms. The standard InChI is InChI=1S/C24H34N2O4S/c1-26(16-24-12-17-8-18(13-24)10-19(9-17)14-24)23(27)20-4-2-6-22(11-20)31(28,29)25-15-21-5-3-7-30-21/h2,4,6,11,17-19,21,25H,3,5,7-10,12-16H2,1H3/t17?,18?,19?,21-,24?/m1/s1. The molecule has 4 saturated carbocycles. The van der Waals surface area contributed by atoms with E-state index in [1.165, 1.54) is 44.6 Å².